The van der Waals surface area contributed by atoms with Crippen LogP contribution in [0.3, 0.4) is 0 Å². The second kappa shape index (κ2) is 3.26. The fourth-order valence-corrected chi connectivity index (χ4v) is 2.38. The van der Waals surface area contributed by atoms with E-state index in [0.29, 0.717) is 5.69 Å². The van der Waals surface area contributed by atoms with Crippen LogP contribution < -0.4 is 5.73 Å². The number of carbonyl (C=O) groups is 1. The maximum absolute atomic E-state index is 11.3. The predicted molar refractivity (Wildman–Crippen MR) is 58.6 cm³/mol. The molecule has 0 radical (unpaired) electrons. The minimum Gasteiger partial charge on any atom is -0.481 e. The fraction of sp³-hybridized carbons (Fsp3) is 0.417. The van der Waals surface area contributed by atoms with Crippen molar-refractivity contribution in [2.24, 2.45) is 5.92 Å². The second-order valence-electron chi connectivity index (χ2n) is 4.21. The first-order valence-electron chi connectivity index (χ1n) is 5.20. The van der Waals surface area contributed by atoms with E-state index in [0.717, 1.165) is 18.4 Å². The molecule has 0 aromatic heterocycles. The first-order valence-corrected chi connectivity index (χ1v) is 5.20. The van der Waals surface area contributed by atoms with Gasteiger partial charge in [0.05, 0.1) is 5.41 Å². The van der Waals surface area contributed by atoms with Crippen LogP contribution >= 0.6 is 0 Å². The zero-order valence-corrected chi connectivity index (χ0v) is 8.73. The molecule has 80 valence electrons. The maximum atomic E-state index is 11.3. The molecule has 0 aliphatic heterocycles. The van der Waals surface area contributed by atoms with E-state index in [1.807, 2.05) is 19.1 Å². The lowest BCUT2D eigenvalue weighted by atomic mass is 9.92. The van der Waals surface area contributed by atoms with Crippen molar-refractivity contribution >= 4 is 11.7 Å². The van der Waals surface area contributed by atoms with Gasteiger partial charge in [0.25, 0.3) is 0 Å². The Morgan fingerprint density at radius 2 is 2.40 bits per heavy atom. The van der Waals surface area contributed by atoms with Gasteiger partial charge in [0, 0.05) is 5.69 Å². The lowest BCUT2D eigenvalue weighted by molar-refractivity contribution is -0.140. The lowest BCUT2D eigenvalue weighted by Gasteiger charge is -2.12. The topological polar surface area (TPSA) is 63.3 Å². The third-order valence-electron chi connectivity index (χ3n) is 3.38. The van der Waals surface area contributed by atoms with E-state index in [-0.39, 0.29) is 5.92 Å². The molecule has 0 spiro atoms. The highest BCUT2D eigenvalue weighted by Crippen LogP contribution is 2.56. The highest BCUT2D eigenvalue weighted by molar-refractivity contribution is 5.86. The zero-order valence-electron chi connectivity index (χ0n) is 8.73. The van der Waals surface area contributed by atoms with Gasteiger partial charge in [-0.3, -0.25) is 4.79 Å². The third-order valence-corrected chi connectivity index (χ3v) is 3.38. The molecule has 1 aliphatic rings. The number of benzene rings is 1. The molecule has 0 saturated heterocycles. The van der Waals surface area contributed by atoms with Crippen molar-refractivity contribution in [3.05, 3.63) is 29.8 Å². The number of nitrogens with two attached hydrogens (primary N) is 1. The summed E-state index contributed by atoms with van der Waals surface area (Å²) in [5.41, 5.74) is 6.50. The quantitative estimate of drug-likeness (QED) is 0.742. The summed E-state index contributed by atoms with van der Waals surface area (Å²) in [6.07, 6.45) is 1.64. The van der Waals surface area contributed by atoms with Crippen molar-refractivity contribution < 1.29 is 9.90 Å². The van der Waals surface area contributed by atoms with Crippen molar-refractivity contribution in [1.29, 1.82) is 0 Å². The van der Waals surface area contributed by atoms with Crippen molar-refractivity contribution in [3.63, 3.8) is 0 Å². The van der Waals surface area contributed by atoms with Gasteiger partial charge in [0.15, 0.2) is 0 Å². The van der Waals surface area contributed by atoms with Crippen molar-refractivity contribution in [3.8, 4) is 0 Å². The molecule has 3 N–H and O–H groups in total. The molecule has 3 nitrogen and oxygen atoms in total. The average molecular weight is 205 g/mol. The molecule has 2 rings (SSSR count). The summed E-state index contributed by atoms with van der Waals surface area (Å²) >= 11 is 0. The van der Waals surface area contributed by atoms with Gasteiger partial charge in [-0.1, -0.05) is 25.5 Å². The van der Waals surface area contributed by atoms with Crippen LogP contribution in [-0.2, 0) is 10.2 Å². The molecule has 1 saturated carbocycles. The standard InChI is InChI=1S/C12H15NO2/c1-2-8-7-12(8,11(14)15)9-4-3-5-10(13)6-9/h3-6,8H,2,7,13H2,1H3,(H,14,15). The van der Waals surface area contributed by atoms with E-state index >= 15 is 0 Å². The summed E-state index contributed by atoms with van der Waals surface area (Å²) in [5.74, 6) is -0.461. The Hall–Kier alpha value is -1.51. The smallest absolute Gasteiger partial charge is 0.314 e. The molecule has 2 unspecified atom stereocenters. The highest BCUT2D eigenvalue weighted by Gasteiger charge is 2.60. The Morgan fingerprint density at radius 1 is 1.67 bits per heavy atom. The first kappa shape index (κ1) is 10.0. The van der Waals surface area contributed by atoms with Crippen LogP contribution in [-0.4, -0.2) is 11.1 Å². The monoisotopic (exact) mass is 205 g/mol. The van der Waals surface area contributed by atoms with Crippen molar-refractivity contribution in [2.45, 2.75) is 25.2 Å². The Bertz CT molecular complexity index is 402. The molecule has 1 aromatic carbocycles. The number of rotatable bonds is 3. The van der Waals surface area contributed by atoms with Crippen molar-refractivity contribution in [1.82, 2.24) is 0 Å². The molecule has 2 atom stereocenters. The Kier molecular flexibility index (Phi) is 2.18. The van der Waals surface area contributed by atoms with Crippen LogP contribution in [0.4, 0.5) is 5.69 Å². The zero-order chi connectivity index (χ0) is 11.1. The van der Waals surface area contributed by atoms with E-state index < -0.39 is 11.4 Å². The SMILES string of the molecule is CCC1CC1(C(=O)O)c1cccc(N)c1. The van der Waals surface area contributed by atoms with Gasteiger partial charge in [-0.2, -0.15) is 0 Å². The second-order valence-corrected chi connectivity index (χ2v) is 4.21. The molecular formula is C12H15NO2. The first-order chi connectivity index (χ1) is 7.11. The molecule has 0 heterocycles. The van der Waals surface area contributed by atoms with Crippen LogP contribution in [0, 0.1) is 5.92 Å². The normalized spacial score (nSPS) is 28.7. The van der Waals surface area contributed by atoms with E-state index in [1.54, 1.807) is 12.1 Å². The summed E-state index contributed by atoms with van der Waals surface area (Å²) in [6, 6.07) is 7.24. The number of hydrogen-bond donors (Lipinski definition) is 2. The van der Waals surface area contributed by atoms with E-state index in [4.69, 9.17) is 5.73 Å². The van der Waals surface area contributed by atoms with Gasteiger partial charge in [-0.15, -0.1) is 0 Å². The molecule has 0 bridgehead atoms. The van der Waals surface area contributed by atoms with Gasteiger partial charge in [0.2, 0.25) is 0 Å². The summed E-state index contributed by atoms with van der Waals surface area (Å²) in [5, 5.41) is 9.31. The lowest BCUT2D eigenvalue weighted by Crippen LogP contribution is -2.22. The summed E-state index contributed by atoms with van der Waals surface area (Å²) in [7, 11) is 0. The van der Waals surface area contributed by atoms with E-state index in [1.165, 1.54) is 0 Å². The number of carboxylic acids is 1. The minimum atomic E-state index is -0.722. The van der Waals surface area contributed by atoms with Gasteiger partial charge >= 0.3 is 5.97 Å². The Morgan fingerprint density at radius 3 is 2.87 bits per heavy atom. The summed E-state index contributed by atoms with van der Waals surface area (Å²) in [4.78, 5) is 11.3. The summed E-state index contributed by atoms with van der Waals surface area (Å²) in [6.45, 7) is 2.03. The number of nitrogen functional groups attached to an aromatic ring is 1. The van der Waals surface area contributed by atoms with Gasteiger partial charge < -0.3 is 10.8 Å². The molecule has 0 amide bonds. The van der Waals surface area contributed by atoms with Crippen LogP contribution in [0.15, 0.2) is 24.3 Å². The molecule has 3 heteroatoms. The molecule has 15 heavy (non-hydrogen) atoms. The third kappa shape index (κ3) is 1.39. The molecule has 1 aromatic rings. The molecule has 1 fully saturated rings. The average Bonchev–Trinajstić information content (AvgIpc) is 2.93. The van der Waals surface area contributed by atoms with Crippen LogP contribution in [0.1, 0.15) is 25.3 Å². The van der Waals surface area contributed by atoms with Crippen LogP contribution in [0.5, 0.6) is 0 Å². The Balaban J connectivity index is 2.40. The van der Waals surface area contributed by atoms with Crippen LogP contribution in [0.25, 0.3) is 0 Å². The number of hydrogen-bond acceptors (Lipinski definition) is 2. The highest BCUT2D eigenvalue weighted by atomic mass is 16.4. The predicted octanol–water partition coefficient (Wildman–Crippen LogP) is 2.02. The fourth-order valence-electron chi connectivity index (χ4n) is 2.38. The minimum absolute atomic E-state index is 0.261. The van der Waals surface area contributed by atoms with E-state index in [2.05, 4.69) is 0 Å². The number of anilines is 1. The van der Waals surface area contributed by atoms with Gasteiger partial charge in [-0.05, 0) is 30.0 Å². The van der Waals surface area contributed by atoms with Crippen LogP contribution in [0.2, 0.25) is 0 Å². The largest absolute Gasteiger partial charge is 0.481 e. The van der Waals surface area contributed by atoms with E-state index in [9.17, 15) is 9.90 Å². The Labute approximate surface area is 88.9 Å². The summed E-state index contributed by atoms with van der Waals surface area (Å²) < 4.78 is 0. The number of aliphatic carboxylic acids is 1. The maximum Gasteiger partial charge on any atom is 0.314 e. The van der Waals surface area contributed by atoms with Crippen molar-refractivity contribution in [2.75, 3.05) is 5.73 Å². The molecule has 1 aliphatic carbocycles. The molecular weight excluding hydrogens is 190 g/mol. The number of carboxylic acid groups (broad SMARTS) is 1. The van der Waals surface area contributed by atoms with Gasteiger partial charge in [-0.25, -0.2) is 0 Å². The van der Waals surface area contributed by atoms with Gasteiger partial charge in [0.1, 0.15) is 0 Å².